The Labute approximate surface area is 128 Å². The zero-order valence-corrected chi connectivity index (χ0v) is 14.4. The summed E-state index contributed by atoms with van der Waals surface area (Å²) in [7, 11) is 2.03. The molecule has 0 amide bonds. The van der Waals surface area contributed by atoms with Gasteiger partial charge in [0, 0.05) is 49.4 Å². The van der Waals surface area contributed by atoms with Crippen molar-refractivity contribution < 1.29 is 0 Å². The molecule has 4 nitrogen and oxygen atoms in total. The lowest BCUT2D eigenvalue weighted by molar-refractivity contribution is 0.131. The Morgan fingerprint density at radius 2 is 2.05 bits per heavy atom. The maximum atomic E-state index is 4.72. The molecule has 2 fully saturated rings. The van der Waals surface area contributed by atoms with Crippen molar-refractivity contribution in [2.24, 2.45) is 18.9 Å². The molecule has 1 aromatic heterocycles. The van der Waals surface area contributed by atoms with Crippen LogP contribution in [0.5, 0.6) is 0 Å². The zero-order chi connectivity index (χ0) is 15.4. The molecule has 118 valence electrons. The maximum absolute atomic E-state index is 4.72. The molecule has 21 heavy (non-hydrogen) atoms. The summed E-state index contributed by atoms with van der Waals surface area (Å²) in [5.41, 5.74) is 3.03. The second-order valence-corrected chi connectivity index (χ2v) is 8.49. The summed E-state index contributed by atoms with van der Waals surface area (Å²) in [4.78, 5) is 2.68. The van der Waals surface area contributed by atoms with Crippen molar-refractivity contribution in [3.8, 4) is 0 Å². The molecule has 0 radical (unpaired) electrons. The van der Waals surface area contributed by atoms with Crippen LogP contribution in [0.15, 0.2) is 6.20 Å². The fourth-order valence-corrected chi connectivity index (χ4v) is 4.26. The number of rotatable bonds is 2. The van der Waals surface area contributed by atoms with Gasteiger partial charge in [0.25, 0.3) is 0 Å². The highest BCUT2D eigenvalue weighted by molar-refractivity contribution is 5.25. The topological polar surface area (TPSA) is 33.1 Å². The van der Waals surface area contributed by atoms with E-state index in [0.717, 1.165) is 18.4 Å². The van der Waals surface area contributed by atoms with Gasteiger partial charge in [-0.1, -0.05) is 20.8 Å². The van der Waals surface area contributed by atoms with Crippen molar-refractivity contribution >= 4 is 0 Å². The van der Waals surface area contributed by atoms with E-state index in [-0.39, 0.29) is 11.0 Å². The van der Waals surface area contributed by atoms with Crippen LogP contribution in [-0.2, 0) is 19.0 Å². The summed E-state index contributed by atoms with van der Waals surface area (Å²) < 4.78 is 1.97. The summed E-state index contributed by atoms with van der Waals surface area (Å²) in [6.45, 7) is 16.2. The van der Waals surface area contributed by atoms with Gasteiger partial charge in [-0.3, -0.25) is 9.58 Å². The van der Waals surface area contributed by atoms with Crippen molar-refractivity contribution in [1.82, 2.24) is 20.0 Å². The normalized spacial score (nSPS) is 29.0. The third-order valence-electron chi connectivity index (χ3n) is 5.49. The van der Waals surface area contributed by atoms with Crippen molar-refractivity contribution in [2.45, 2.75) is 52.1 Å². The molecule has 0 spiro atoms. The first kappa shape index (κ1) is 15.0. The summed E-state index contributed by atoms with van der Waals surface area (Å²) in [6.07, 6.45) is 2.21. The van der Waals surface area contributed by atoms with Crippen LogP contribution in [0.2, 0.25) is 0 Å². The molecule has 0 saturated carbocycles. The Morgan fingerprint density at radius 3 is 2.67 bits per heavy atom. The molecule has 2 unspecified atom stereocenters. The molecule has 2 saturated heterocycles. The summed E-state index contributed by atoms with van der Waals surface area (Å²) >= 11 is 0. The SMILES string of the molecule is Cn1cc(CN2CC3CNCC3C2(C)C)c(C(C)(C)C)n1. The molecule has 0 aliphatic carbocycles. The number of nitrogens with one attached hydrogen (secondary N) is 1. The lowest BCUT2D eigenvalue weighted by Crippen LogP contribution is -2.44. The van der Waals surface area contributed by atoms with Crippen LogP contribution in [-0.4, -0.2) is 39.9 Å². The third-order valence-corrected chi connectivity index (χ3v) is 5.49. The van der Waals surface area contributed by atoms with Crippen LogP contribution < -0.4 is 5.32 Å². The lowest BCUT2D eigenvalue weighted by Gasteiger charge is -2.36. The summed E-state index contributed by atoms with van der Waals surface area (Å²) in [6, 6.07) is 0. The van der Waals surface area contributed by atoms with E-state index in [4.69, 9.17) is 5.10 Å². The highest BCUT2D eigenvalue weighted by Crippen LogP contribution is 2.41. The van der Waals surface area contributed by atoms with Crippen LogP contribution in [0.25, 0.3) is 0 Å². The van der Waals surface area contributed by atoms with E-state index in [0.29, 0.717) is 0 Å². The van der Waals surface area contributed by atoms with Gasteiger partial charge in [0.15, 0.2) is 0 Å². The molecule has 2 aliphatic rings. The van der Waals surface area contributed by atoms with Gasteiger partial charge < -0.3 is 5.32 Å². The average Bonchev–Trinajstić information content (AvgIpc) is 2.98. The van der Waals surface area contributed by atoms with Crippen LogP contribution in [0, 0.1) is 11.8 Å². The molecule has 3 heterocycles. The first-order chi connectivity index (χ1) is 9.69. The van der Waals surface area contributed by atoms with Crippen LogP contribution >= 0.6 is 0 Å². The van der Waals surface area contributed by atoms with Gasteiger partial charge in [-0.25, -0.2) is 0 Å². The lowest BCUT2D eigenvalue weighted by atomic mass is 9.84. The number of nitrogens with zero attached hydrogens (tertiary/aromatic N) is 3. The molecule has 2 atom stereocenters. The highest BCUT2D eigenvalue weighted by Gasteiger charge is 2.49. The molecule has 0 bridgehead atoms. The monoisotopic (exact) mass is 290 g/mol. The minimum Gasteiger partial charge on any atom is -0.316 e. The van der Waals surface area contributed by atoms with Crippen molar-refractivity contribution in [1.29, 1.82) is 0 Å². The zero-order valence-electron chi connectivity index (χ0n) is 14.4. The van der Waals surface area contributed by atoms with Gasteiger partial charge in [0.1, 0.15) is 0 Å². The van der Waals surface area contributed by atoms with E-state index in [2.05, 4.69) is 51.0 Å². The van der Waals surface area contributed by atoms with Gasteiger partial charge in [-0.15, -0.1) is 0 Å². The minimum absolute atomic E-state index is 0.109. The van der Waals surface area contributed by atoms with Gasteiger partial charge in [0.05, 0.1) is 5.69 Å². The highest BCUT2D eigenvalue weighted by atomic mass is 15.3. The van der Waals surface area contributed by atoms with Gasteiger partial charge >= 0.3 is 0 Å². The number of hydrogen-bond acceptors (Lipinski definition) is 3. The molecule has 4 heteroatoms. The minimum atomic E-state index is 0.109. The van der Waals surface area contributed by atoms with Crippen LogP contribution in [0.4, 0.5) is 0 Å². The molecule has 2 aliphatic heterocycles. The van der Waals surface area contributed by atoms with E-state index < -0.39 is 0 Å². The Kier molecular flexibility index (Phi) is 3.45. The molecule has 3 rings (SSSR count). The van der Waals surface area contributed by atoms with Gasteiger partial charge in [-0.05, 0) is 32.2 Å². The van der Waals surface area contributed by atoms with Crippen LogP contribution in [0.3, 0.4) is 0 Å². The molecule has 1 N–H and O–H groups in total. The average molecular weight is 290 g/mol. The van der Waals surface area contributed by atoms with E-state index in [1.54, 1.807) is 0 Å². The van der Waals surface area contributed by atoms with Crippen molar-refractivity contribution in [3.63, 3.8) is 0 Å². The summed E-state index contributed by atoms with van der Waals surface area (Å²) in [5, 5.41) is 8.28. The van der Waals surface area contributed by atoms with Gasteiger partial charge in [-0.2, -0.15) is 5.10 Å². The third kappa shape index (κ3) is 2.53. The number of likely N-dealkylation sites (tertiary alicyclic amines) is 1. The summed E-state index contributed by atoms with van der Waals surface area (Å²) in [5.74, 6) is 1.60. The predicted molar refractivity (Wildman–Crippen MR) is 86.2 cm³/mol. The smallest absolute Gasteiger partial charge is 0.0722 e. The van der Waals surface area contributed by atoms with E-state index in [1.165, 1.54) is 30.9 Å². The Balaban J connectivity index is 1.85. The number of hydrogen-bond donors (Lipinski definition) is 1. The Hall–Kier alpha value is -0.870. The largest absolute Gasteiger partial charge is 0.316 e. The second-order valence-electron chi connectivity index (χ2n) is 8.49. The number of aromatic nitrogens is 2. The first-order valence-electron chi connectivity index (χ1n) is 8.18. The quantitative estimate of drug-likeness (QED) is 0.906. The van der Waals surface area contributed by atoms with Crippen molar-refractivity contribution in [3.05, 3.63) is 17.5 Å². The number of fused-ring (bicyclic) bond motifs is 1. The molecule has 1 aromatic rings. The fraction of sp³-hybridized carbons (Fsp3) is 0.824. The van der Waals surface area contributed by atoms with E-state index in [9.17, 15) is 0 Å². The maximum Gasteiger partial charge on any atom is 0.0722 e. The second kappa shape index (κ2) is 4.82. The molecule has 0 aromatic carbocycles. The van der Waals surface area contributed by atoms with E-state index >= 15 is 0 Å². The molecular weight excluding hydrogens is 260 g/mol. The first-order valence-corrected chi connectivity index (χ1v) is 8.18. The number of aryl methyl sites for hydroxylation is 1. The predicted octanol–water partition coefficient (Wildman–Crippen LogP) is 2.15. The fourth-order valence-electron chi connectivity index (χ4n) is 4.26. The van der Waals surface area contributed by atoms with Crippen LogP contribution in [0.1, 0.15) is 45.9 Å². The molecular formula is C17H30N4. The van der Waals surface area contributed by atoms with Crippen molar-refractivity contribution in [2.75, 3.05) is 19.6 Å². The van der Waals surface area contributed by atoms with E-state index in [1.807, 2.05) is 11.7 Å². The standard InChI is InChI=1S/C17H30N4/c1-16(2,3)15-13(9-20(6)19-15)11-21-10-12-7-18-8-14(12)17(21,4)5/h9,12,14,18H,7-8,10-11H2,1-6H3. The Bertz CT molecular complexity index is 523. The Morgan fingerprint density at radius 1 is 1.33 bits per heavy atom. The van der Waals surface area contributed by atoms with Gasteiger partial charge in [0.2, 0.25) is 0 Å².